The van der Waals surface area contributed by atoms with Gasteiger partial charge in [-0.3, -0.25) is 14.5 Å². The van der Waals surface area contributed by atoms with Crippen molar-refractivity contribution in [1.82, 2.24) is 10.2 Å². The Morgan fingerprint density at radius 1 is 0.913 bits per heavy atom. The Bertz CT molecular complexity index is 688. The molecule has 0 fully saturated rings. The fraction of sp³-hybridized carbons (Fsp3) is 0.368. The van der Waals surface area contributed by atoms with Gasteiger partial charge in [0.2, 0.25) is 0 Å². The minimum absolute atomic E-state index is 0.166. The number of amides is 2. The van der Waals surface area contributed by atoms with Crippen molar-refractivity contribution in [2.24, 2.45) is 0 Å². The molecule has 1 aliphatic heterocycles. The molecule has 1 aliphatic rings. The van der Waals surface area contributed by atoms with Crippen molar-refractivity contribution >= 4 is 22.6 Å². The second kappa shape index (κ2) is 6.92. The number of carbonyl (C=O) groups is 2. The molecule has 3 rings (SSSR count). The molecule has 4 nitrogen and oxygen atoms in total. The largest absolute Gasteiger partial charge is 0.317 e. The summed E-state index contributed by atoms with van der Waals surface area (Å²) in [6.07, 6.45) is 2.90. The van der Waals surface area contributed by atoms with Gasteiger partial charge < -0.3 is 5.32 Å². The van der Waals surface area contributed by atoms with Gasteiger partial charge in [-0.05, 0) is 49.9 Å². The maximum absolute atomic E-state index is 12.7. The second-order valence-corrected chi connectivity index (χ2v) is 5.93. The van der Waals surface area contributed by atoms with E-state index in [1.807, 2.05) is 36.4 Å². The molecule has 2 aromatic rings. The van der Waals surface area contributed by atoms with E-state index in [9.17, 15) is 9.59 Å². The lowest BCUT2D eigenvalue weighted by Gasteiger charge is -2.27. The van der Waals surface area contributed by atoms with Gasteiger partial charge in [0.15, 0.2) is 0 Å². The van der Waals surface area contributed by atoms with Crippen LogP contribution in [0.5, 0.6) is 0 Å². The van der Waals surface area contributed by atoms with Crippen LogP contribution in [0.25, 0.3) is 10.8 Å². The lowest BCUT2D eigenvalue weighted by molar-refractivity contribution is 0.0608. The van der Waals surface area contributed by atoms with Gasteiger partial charge in [0, 0.05) is 23.1 Å². The zero-order chi connectivity index (χ0) is 16.2. The van der Waals surface area contributed by atoms with Crippen LogP contribution in [0.1, 0.15) is 46.9 Å². The Morgan fingerprint density at radius 2 is 1.57 bits per heavy atom. The SMILES string of the molecule is CCCNCCCCN1C(=O)c2cccc3cccc(c23)C1=O. The van der Waals surface area contributed by atoms with Crippen molar-refractivity contribution in [3.8, 4) is 0 Å². The van der Waals surface area contributed by atoms with Gasteiger partial charge >= 0.3 is 0 Å². The van der Waals surface area contributed by atoms with Gasteiger partial charge in [0.25, 0.3) is 11.8 Å². The lowest BCUT2D eigenvalue weighted by atomic mass is 9.94. The molecule has 1 heterocycles. The predicted molar refractivity (Wildman–Crippen MR) is 91.7 cm³/mol. The highest BCUT2D eigenvalue weighted by molar-refractivity contribution is 6.25. The molecular formula is C19H22N2O2. The Hall–Kier alpha value is -2.20. The smallest absolute Gasteiger partial charge is 0.261 e. The van der Waals surface area contributed by atoms with Gasteiger partial charge in [-0.25, -0.2) is 0 Å². The number of nitrogens with zero attached hydrogens (tertiary/aromatic N) is 1. The summed E-state index contributed by atoms with van der Waals surface area (Å²) in [6.45, 7) is 4.56. The summed E-state index contributed by atoms with van der Waals surface area (Å²) in [4.78, 5) is 26.7. The Kier molecular flexibility index (Phi) is 4.72. The topological polar surface area (TPSA) is 49.4 Å². The summed E-state index contributed by atoms with van der Waals surface area (Å²) < 4.78 is 0. The zero-order valence-corrected chi connectivity index (χ0v) is 13.5. The highest BCUT2D eigenvalue weighted by Gasteiger charge is 2.31. The maximum atomic E-state index is 12.7. The van der Waals surface area contributed by atoms with E-state index in [0.29, 0.717) is 17.7 Å². The summed E-state index contributed by atoms with van der Waals surface area (Å²) in [5.74, 6) is -0.332. The van der Waals surface area contributed by atoms with Crippen molar-refractivity contribution in [2.75, 3.05) is 19.6 Å². The van der Waals surface area contributed by atoms with E-state index in [4.69, 9.17) is 0 Å². The highest BCUT2D eigenvalue weighted by atomic mass is 16.2. The molecule has 0 bridgehead atoms. The van der Waals surface area contributed by atoms with Crippen LogP contribution >= 0.6 is 0 Å². The molecule has 1 N–H and O–H groups in total. The van der Waals surface area contributed by atoms with E-state index in [2.05, 4.69) is 12.2 Å². The van der Waals surface area contributed by atoms with Gasteiger partial charge in [0.1, 0.15) is 0 Å². The molecule has 0 saturated heterocycles. The lowest BCUT2D eigenvalue weighted by Crippen LogP contribution is -2.41. The van der Waals surface area contributed by atoms with Crippen LogP contribution in [0, 0.1) is 0 Å². The standard InChI is InChI=1S/C19H22N2O2/c1-2-11-20-12-3-4-13-21-18(22)15-9-5-7-14-8-6-10-16(17(14)15)19(21)23/h5-10,20H,2-4,11-13H2,1H3. The second-order valence-electron chi connectivity index (χ2n) is 5.93. The average molecular weight is 310 g/mol. The minimum atomic E-state index is -0.166. The first kappa shape index (κ1) is 15.7. The zero-order valence-electron chi connectivity index (χ0n) is 13.5. The first-order valence-electron chi connectivity index (χ1n) is 8.32. The number of hydrogen-bond acceptors (Lipinski definition) is 3. The van der Waals surface area contributed by atoms with E-state index in [1.54, 1.807) is 0 Å². The summed E-state index contributed by atoms with van der Waals surface area (Å²) in [5, 5.41) is 5.08. The first-order chi connectivity index (χ1) is 11.2. The third-order valence-corrected chi connectivity index (χ3v) is 4.27. The van der Waals surface area contributed by atoms with Crippen LogP contribution in [-0.2, 0) is 0 Å². The number of nitrogens with one attached hydrogen (secondary N) is 1. The van der Waals surface area contributed by atoms with E-state index < -0.39 is 0 Å². The summed E-state index contributed by atoms with van der Waals surface area (Å²) in [7, 11) is 0. The molecule has 0 aromatic heterocycles. The van der Waals surface area contributed by atoms with Crippen LogP contribution < -0.4 is 5.32 Å². The third kappa shape index (κ3) is 2.99. The number of benzene rings is 2. The van der Waals surface area contributed by atoms with Crippen LogP contribution in [0.3, 0.4) is 0 Å². The number of hydrogen-bond donors (Lipinski definition) is 1. The van der Waals surface area contributed by atoms with Crippen molar-refractivity contribution in [3.63, 3.8) is 0 Å². The number of carbonyl (C=O) groups excluding carboxylic acids is 2. The summed E-state index contributed by atoms with van der Waals surface area (Å²) >= 11 is 0. The quantitative estimate of drug-likeness (QED) is 0.631. The molecular weight excluding hydrogens is 288 g/mol. The van der Waals surface area contributed by atoms with Crippen molar-refractivity contribution < 1.29 is 9.59 Å². The Morgan fingerprint density at radius 3 is 2.17 bits per heavy atom. The van der Waals surface area contributed by atoms with Crippen molar-refractivity contribution in [2.45, 2.75) is 26.2 Å². The molecule has 0 unspecified atom stereocenters. The highest BCUT2D eigenvalue weighted by Crippen LogP contribution is 2.29. The summed E-state index contributed by atoms with van der Waals surface area (Å²) in [6, 6.07) is 11.3. The van der Waals surface area contributed by atoms with E-state index in [1.165, 1.54) is 4.90 Å². The maximum Gasteiger partial charge on any atom is 0.261 e. The van der Waals surface area contributed by atoms with Gasteiger partial charge in [-0.1, -0.05) is 31.2 Å². The van der Waals surface area contributed by atoms with Crippen LogP contribution in [0.4, 0.5) is 0 Å². The molecule has 2 amide bonds. The van der Waals surface area contributed by atoms with E-state index >= 15 is 0 Å². The molecule has 4 heteroatoms. The molecule has 0 aliphatic carbocycles. The molecule has 0 saturated carbocycles. The van der Waals surface area contributed by atoms with Gasteiger partial charge in [0.05, 0.1) is 0 Å². The third-order valence-electron chi connectivity index (χ3n) is 4.27. The Labute approximate surface area is 136 Å². The van der Waals surface area contributed by atoms with E-state index in [-0.39, 0.29) is 11.8 Å². The predicted octanol–water partition coefficient (Wildman–Crippen LogP) is 3.22. The molecule has 0 radical (unpaired) electrons. The number of rotatable bonds is 7. The molecule has 23 heavy (non-hydrogen) atoms. The van der Waals surface area contributed by atoms with Gasteiger partial charge in [-0.2, -0.15) is 0 Å². The fourth-order valence-corrected chi connectivity index (χ4v) is 3.11. The average Bonchev–Trinajstić information content (AvgIpc) is 2.58. The first-order valence-corrected chi connectivity index (χ1v) is 8.32. The van der Waals surface area contributed by atoms with Crippen LogP contribution in [-0.4, -0.2) is 36.3 Å². The normalized spacial score (nSPS) is 13.9. The monoisotopic (exact) mass is 310 g/mol. The molecule has 2 aromatic carbocycles. The number of unbranched alkanes of at least 4 members (excludes halogenated alkanes) is 1. The Balaban J connectivity index is 1.75. The van der Waals surface area contributed by atoms with Crippen molar-refractivity contribution in [3.05, 3.63) is 47.5 Å². The molecule has 0 spiro atoms. The van der Waals surface area contributed by atoms with Crippen molar-refractivity contribution in [1.29, 1.82) is 0 Å². The fourth-order valence-electron chi connectivity index (χ4n) is 3.11. The number of imide groups is 1. The minimum Gasteiger partial charge on any atom is -0.317 e. The summed E-state index contributed by atoms with van der Waals surface area (Å²) in [5.41, 5.74) is 1.28. The van der Waals surface area contributed by atoms with Gasteiger partial charge in [-0.15, -0.1) is 0 Å². The molecule has 120 valence electrons. The molecule has 0 atom stereocenters. The van der Waals surface area contributed by atoms with E-state index in [0.717, 1.165) is 43.1 Å². The van der Waals surface area contributed by atoms with Crippen LogP contribution in [0.15, 0.2) is 36.4 Å². The van der Waals surface area contributed by atoms with Crippen LogP contribution in [0.2, 0.25) is 0 Å².